The minimum absolute atomic E-state index is 0.105. The van der Waals surface area contributed by atoms with E-state index in [0.717, 1.165) is 0 Å². The number of carbonyl (C=O) groups excluding carboxylic acids is 3. The van der Waals surface area contributed by atoms with E-state index in [1.54, 1.807) is 12.1 Å². The molecule has 0 radical (unpaired) electrons. The lowest BCUT2D eigenvalue weighted by atomic mass is 10.1. The van der Waals surface area contributed by atoms with Crippen molar-refractivity contribution in [1.29, 1.82) is 0 Å². The smallest absolute Gasteiger partial charge is 0.407 e. The summed E-state index contributed by atoms with van der Waals surface area (Å²) >= 11 is 5.77. The lowest BCUT2D eigenvalue weighted by Crippen LogP contribution is -2.41. The van der Waals surface area contributed by atoms with Gasteiger partial charge in [-0.2, -0.15) is 0 Å². The van der Waals surface area contributed by atoms with Gasteiger partial charge in [0.1, 0.15) is 6.10 Å². The van der Waals surface area contributed by atoms with Gasteiger partial charge in [-0.15, -0.1) is 0 Å². The van der Waals surface area contributed by atoms with Crippen molar-refractivity contribution in [3.8, 4) is 0 Å². The maximum atomic E-state index is 13.4. The van der Waals surface area contributed by atoms with E-state index in [4.69, 9.17) is 21.4 Å². The van der Waals surface area contributed by atoms with Gasteiger partial charge in [-0.1, -0.05) is 11.6 Å². The highest BCUT2D eigenvalue weighted by molar-refractivity contribution is 6.34. The van der Waals surface area contributed by atoms with E-state index in [1.807, 2.05) is 10.2 Å². The molecule has 1 fully saturated rings. The number of aliphatic hydroxyl groups is 1. The molecule has 3 rings (SSSR count). The number of aliphatic hydroxyl groups excluding tert-OH is 1. The van der Waals surface area contributed by atoms with E-state index in [1.165, 1.54) is 6.20 Å². The van der Waals surface area contributed by atoms with Gasteiger partial charge >= 0.3 is 12.1 Å². The quantitative estimate of drug-likeness (QED) is 0.451. The predicted octanol–water partition coefficient (Wildman–Crippen LogP) is 2.66. The number of nitrogens with one attached hydrogen (secondary N) is 3. The molecule has 1 aliphatic heterocycles. The zero-order chi connectivity index (χ0) is 24.7. The van der Waals surface area contributed by atoms with E-state index in [9.17, 15) is 23.2 Å². The lowest BCUT2D eigenvalue weighted by molar-refractivity contribution is 0.0818. The van der Waals surface area contributed by atoms with Crippen LogP contribution in [0, 0.1) is 11.6 Å². The molecular weight excluding hydrogens is 476 g/mol. The summed E-state index contributed by atoms with van der Waals surface area (Å²) in [6, 6.07) is 3.51. The Kier molecular flexibility index (Phi) is 8.55. The Balaban J connectivity index is 1.59. The number of urea groups is 1. The van der Waals surface area contributed by atoms with Gasteiger partial charge in [0.05, 0.1) is 22.9 Å². The molecule has 1 aliphatic rings. The molecular formula is C21H22ClF2N5O5. The highest BCUT2D eigenvalue weighted by Crippen LogP contribution is 2.27. The average molecular weight is 498 g/mol. The number of anilines is 2. The van der Waals surface area contributed by atoms with Crippen molar-refractivity contribution in [2.24, 2.45) is 0 Å². The molecule has 34 heavy (non-hydrogen) atoms. The number of hydrogen-bond donors (Lipinski definition) is 4. The SMILES string of the molecule is O=C(NC(=O)c1cc(F)c(F)cc1Cl)Nc1cccnc1N1CCC(OC(=O)NCCO)CC1. The molecule has 1 saturated heterocycles. The van der Waals surface area contributed by atoms with Crippen LogP contribution in [0.15, 0.2) is 30.5 Å². The molecule has 0 unspecified atom stereocenters. The van der Waals surface area contributed by atoms with Gasteiger partial charge in [0, 0.05) is 38.7 Å². The summed E-state index contributed by atoms with van der Waals surface area (Å²) in [6.07, 6.45) is 1.66. The molecule has 0 bridgehead atoms. The van der Waals surface area contributed by atoms with Crippen molar-refractivity contribution in [1.82, 2.24) is 15.6 Å². The number of piperidine rings is 1. The Morgan fingerprint density at radius 1 is 1.21 bits per heavy atom. The average Bonchev–Trinajstić information content (AvgIpc) is 2.81. The van der Waals surface area contributed by atoms with Crippen LogP contribution < -0.4 is 20.9 Å². The number of benzene rings is 1. The number of amides is 4. The third kappa shape index (κ3) is 6.51. The zero-order valence-electron chi connectivity index (χ0n) is 17.8. The minimum Gasteiger partial charge on any atom is -0.446 e. The van der Waals surface area contributed by atoms with Crippen LogP contribution in [0.3, 0.4) is 0 Å². The van der Waals surface area contributed by atoms with Crippen molar-refractivity contribution in [2.75, 3.05) is 36.5 Å². The first-order chi connectivity index (χ1) is 16.3. The Labute approximate surface area is 198 Å². The molecule has 0 saturated carbocycles. The number of ether oxygens (including phenoxy) is 1. The molecule has 10 nitrogen and oxygen atoms in total. The monoisotopic (exact) mass is 497 g/mol. The maximum absolute atomic E-state index is 13.4. The standard InChI is InChI=1S/C21H22ClF2N5O5/c22-14-11-16(24)15(23)10-13(14)19(31)28-20(32)27-17-2-1-5-25-18(17)29-7-3-12(4-8-29)34-21(33)26-6-9-30/h1-2,5,10-12,30H,3-4,6-9H2,(H,26,33)(H2,27,28,31,32). The summed E-state index contributed by atoms with van der Waals surface area (Å²) in [5.74, 6) is -3.06. The van der Waals surface area contributed by atoms with Crippen LogP contribution in [-0.2, 0) is 4.74 Å². The van der Waals surface area contributed by atoms with Crippen LogP contribution in [-0.4, -0.2) is 60.5 Å². The molecule has 2 aromatic rings. The fraction of sp³-hybridized carbons (Fsp3) is 0.333. The molecule has 1 aromatic carbocycles. The molecule has 182 valence electrons. The Hall–Kier alpha value is -3.51. The molecule has 4 N–H and O–H groups in total. The largest absolute Gasteiger partial charge is 0.446 e. The highest BCUT2D eigenvalue weighted by Gasteiger charge is 2.25. The van der Waals surface area contributed by atoms with Gasteiger partial charge in [-0.25, -0.2) is 23.4 Å². The van der Waals surface area contributed by atoms with Crippen LogP contribution in [0.2, 0.25) is 5.02 Å². The Morgan fingerprint density at radius 2 is 1.91 bits per heavy atom. The van der Waals surface area contributed by atoms with Crippen molar-refractivity contribution in [3.63, 3.8) is 0 Å². The van der Waals surface area contributed by atoms with E-state index in [-0.39, 0.29) is 24.3 Å². The molecule has 4 amide bonds. The molecule has 0 atom stereocenters. The lowest BCUT2D eigenvalue weighted by Gasteiger charge is -2.33. The summed E-state index contributed by atoms with van der Waals surface area (Å²) < 4.78 is 32.0. The van der Waals surface area contributed by atoms with Crippen LogP contribution in [0.4, 0.5) is 29.9 Å². The zero-order valence-corrected chi connectivity index (χ0v) is 18.6. The van der Waals surface area contributed by atoms with Gasteiger partial charge in [-0.3, -0.25) is 10.1 Å². The van der Waals surface area contributed by atoms with Gasteiger partial charge in [0.2, 0.25) is 0 Å². The van der Waals surface area contributed by atoms with E-state index < -0.39 is 35.2 Å². The number of pyridine rings is 1. The normalized spacial score (nSPS) is 13.8. The second-order valence-electron chi connectivity index (χ2n) is 7.27. The first-order valence-corrected chi connectivity index (χ1v) is 10.7. The predicted molar refractivity (Wildman–Crippen MR) is 119 cm³/mol. The third-order valence-corrected chi connectivity index (χ3v) is 5.23. The summed E-state index contributed by atoms with van der Waals surface area (Å²) in [5, 5.41) is 15.3. The number of hydrogen-bond acceptors (Lipinski definition) is 7. The van der Waals surface area contributed by atoms with Gasteiger partial charge in [0.25, 0.3) is 5.91 Å². The number of imide groups is 1. The maximum Gasteiger partial charge on any atom is 0.407 e. The van der Waals surface area contributed by atoms with E-state index >= 15 is 0 Å². The van der Waals surface area contributed by atoms with Crippen LogP contribution in [0.25, 0.3) is 0 Å². The van der Waals surface area contributed by atoms with Crippen LogP contribution in [0.1, 0.15) is 23.2 Å². The molecule has 13 heteroatoms. The fourth-order valence-corrected chi connectivity index (χ4v) is 3.54. The fourth-order valence-electron chi connectivity index (χ4n) is 3.30. The molecule has 1 aromatic heterocycles. The Morgan fingerprint density at radius 3 is 2.62 bits per heavy atom. The minimum atomic E-state index is -1.28. The molecule has 2 heterocycles. The first kappa shape index (κ1) is 25.1. The Bertz CT molecular complexity index is 1070. The second-order valence-corrected chi connectivity index (χ2v) is 7.68. The number of aromatic nitrogens is 1. The number of rotatable bonds is 6. The molecule has 0 aliphatic carbocycles. The van der Waals surface area contributed by atoms with Gasteiger partial charge in [0.15, 0.2) is 17.5 Å². The van der Waals surface area contributed by atoms with Crippen LogP contribution >= 0.6 is 11.6 Å². The first-order valence-electron chi connectivity index (χ1n) is 10.3. The van der Waals surface area contributed by atoms with E-state index in [2.05, 4.69) is 15.6 Å². The molecule has 0 spiro atoms. The summed E-state index contributed by atoms with van der Waals surface area (Å²) in [5.41, 5.74) is -0.0866. The van der Waals surface area contributed by atoms with E-state index in [0.29, 0.717) is 49.6 Å². The highest BCUT2D eigenvalue weighted by atomic mass is 35.5. The summed E-state index contributed by atoms with van der Waals surface area (Å²) in [7, 11) is 0. The second kappa shape index (κ2) is 11.6. The number of carbonyl (C=O) groups is 3. The number of alkyl carbamates (subject to hydrolysis) is 1. The summed E-state index contributed by atoms with van der Waals surface area (Å²) in [6.45, 7) is 0.882. The van der Waals surface area contributed by atoms with Crippen molar-refractivity contribution in [2.45, 2.75) is 18.9 Å². The number of nitrogens with zero attached hydrogens (tertiary/aromatic N) is 2. The van der Waals surface area contributed by atoms with Crippen LogP contribution in [0.5, 0.6) is 0 Å². The van der Waals surface area contributed by atoms with Crippen molar-refractivity contribution in [3.05, 3.63) is 52.7 Å². The number of halogens is 3. The van der Waals surface area contributed by atoms with Gasteiger partial charge in [-0.05, 0) is 24.3 Å². The van der Waals surface area contributed by atoms with Gasteiger partial charge < -0.3 is 25.4 Å². The summed E-state index contributed by atoms with van der Waals surface area (Å²) in [4.78, 5) is 42.5. The van der Waals surface area contributed by atoms with Crippen molar-refractivity contribution < 1.29 is 33.0 Å². The third-order valence-electron chi connectivity index (χ3n) is 4.91. The van der Waals surface area contributed by atoms with Crippen molar-refractivity contribution >= 4 is 41.1 Å². The topological polar surface area (TPSA) is 133 Å².